The quantitative estimate of drug-likeness (QED) is 0.625. The van der Waals surface area contributed by atoms with Gasteiger partial charge in [0, 0.05) is 11.1 Å². The largest absolute Gasteiger partial charge is 0.486 e. The van der Waals surface area contributed by atoms with Crippen LogP contribution < -0.4 is 9.64 Å². The number of allylic oxidation sites excluding steroid dienone is 1. The van der Waals surface area contributed by atoms with E-state index in [2.05, 4.69) is 32.1 Å². The van der Waals surface area contributed by atoms with Gasteiger partial charge in [0.25, 0.3) is 5.91 Å². The highest BCUT2D eigenvalue weighted by molar-refractivity contribution is 6.07. The van der Waals surface area contributed by atoms with Crippen LogP contribution in [0.4, 0.5) is 5.69 Å². The summed E-state index contributed by atoms with van der Waals surface area (Å²) >= 11 is 0. The molecule has 1 aliphatic heterocycles. The number of unbranched alkanes of at least 4 members (excludes halogenated alkanes) is 2. The molecule has 1 atom stereocenters. The fraction of sp³-hybridized carbons (Fsp3) is 0.348. The van der Waals surface area contributed by atoms with E-state index >= 15 is 0 Å². The number of rotatable bonds is 6. The van der Waals surface area contributed by atoms with Crippen LogP contribution in [0.15, 0.2) is 54.6 Å². The Hall–Kier alpha value is -2.55. The molecule has 0 fully saturated rings. The molecule has 3 rings (SSSR count). The molecule has 1 unspecified atom stereocenters. The molecule has 2 aromatic rings. The summed E-state index contributed by atoms with van der Waals surface area (Å²) in [5.74, 6) is 0.850. The molecule has 0 aromatic heterocycles. The maximum Gasteiger partial charge on any atom is 0.258 e. The first-order valence-electron chi connectivity index (χ1n) is 9.57. The Kier molecular flexibility index (Phi) is 6.11. The summed E-state index contributed by atoms with van der Waals surface area (Å²) in [6, 6.07) is 15.5. The summed E-state index contributed by atoms with van der Waals surface area (Å²) in [4.78, 5) is 15.0. The van der Waals surface area contributed by atoms with Crippen molar-refractivity contribution in [3.63, 3.8) is 0 Å². The normalized spacial score (nSPS) is 16.4. The molecule has 3 nitrogen and oxygen atoms in total. The molecule has 0 bridgehead atoms. The number of para-hydroxylation sites is 1. The van der Waals surface area contributed by atoms with Crippen LogP contribution in [0.3, 0.4) is 0 Å². The van der Waals surface area contributed by atoms with E-state index < -0.39 is 0 Å². The van der Waals surface area contributed by atoms with Crippen LogP contribution >= 0.6 is 0 Å². The smallest absolute Gasteiger partial charge is 0.258 e. The second-order valence-electron chi connectivity index (χ2n) is 6.67. The highest BCUT2D eigenvalue weighted by Gasteiger charge is 2.30. The molecule has 0 radical (unpaired) electrons. The molecule has 136 valence electrons. The molecule has 3 heteroatoms. The number of fused-ring (bicyclic) bond motifs is 1. The van der Waals surface area contributed by atoms with Crippen LogP contribution in [0.5, 0.6) is 5.75 Å². The fourth-order valence-corrected chi connectivity index (χ4v) is 3.19. The standard InChI is InChI=1S/C23H27NO2/c1-3-5-6-8-12-18-15-11-16-21-22(18)26-20(4-2)17-24(21)23(25)19-13-9-7-10-14-19/h7-16,20H,3-6,17H2,1-2H3/b12-8+. The number of nitrogens with zero attached hydrogens (tertiary/aromatic N) is 1. The van der Waals surface area contributed by atoms with E-state index in [-0.39, 0.29) is 12.0 Å². The van der Waals surface area contributed by atoms with Gasteiger partial charge in [-0.05, 0) is 31.0 Å². The molecule has 0 aliphatic carbocycles. The highest BCUT2D eigenvalue weighted by atomic mass is 16.5. The summed E-state index contributed by atoms with van der Waals surface area (Å²) in [5.41, 5.74) is 2.61. The minimum absolute atomic E-state index is 0.0142. The van der Waals surface area contributed by atoms with Crippen molar-refractivity contribution in [1.29, 1.82) is 0 Å². The minimum atomic E-state index is 0.0142. The Morgan fingerprint density at radius 3 is 2.69 bits per heavy atom. The fourth-order valence-electron chi connectivity index (χ4n) is 3.19. The van der Waals surface area contributed by atoms with Gasteiger partial charge in [-0.3, -0.25) is 4.79 Å². The zero-order chi connectivity index (χ0) is 18.4. The van der Waals surface area contributed by atoms with Gasteiger partial charge in [-0.15, -0.1) is 0 Å². The van der Waals surface area contributed by atoms with Crippen LogP contribution in [0.2, 0.25) is 0 Å². The predicted molar refractivity (Wildman–Crippen MR) is 108 cm³/mol. The lowest BCUT2D eigenvalue weighted by molar-refractivity contribution is 0.0954. The molecular formula is C23H27NO2. The number of carbonyl (C=O) groups is 1. The Morgan fingerprint density at radius 2 is 1.96 bits per heavy atom. The van der Waals surface area contributed by atoms with Gasteiger partial charge in [-0.25, -0.2) is 0 Å². The molecule has 0 spiro atoms. The maximum absolute atomic E-state index is 13.1. The van der Waals surface area contributed by atoms with Crippen LogP contribution in [-0.4, -0.2) is 18.6 Å². The highest BCUT2D eigenvalue weighted by Crippen LogP contribution is 2.38. The molecule has 26 heavy (non-hydrogen) atoms. The SMILES string of the molecule is CCCC/C=C/c1cccc2c1OC(CC)CN2C(=O)c1ccccc1. The van der Waals surface area contributed by atoms with E-state index in [9.17, 15) is 4.79 Å². The first-order chi connectivity index (χ1) is 12.7. The van der Waals surface area contributed by atoms with E-state index in [1.54, 1.807) is 0 Å². The van der Waals surface area contributed by atoms with Crippen molar-refractivity contribution in [3.05, 3.63) is 65.7 Å². The molecule has 0 saturated carbocycles. The Labute approximate surface area is 156 Å². The summed E-state index contributed by atoms with van der Waals surface area (Å²) in [6.07, 6.45) is 8.63. The summed E-state index contributed by atoms with van der Waals surface area (Å²) in [5, 5.41) is 0. The molecule has 0 N–H and O–H groups in total. The number of carbonyl (C=O) groups excluding carboxylic acids is 1. The van der Waals surface area contributed by atoms with Crippen LogP contribution in [0.1, 0.15) is 55.5 Å². The van der Waals surface area contributed by atoms with Gasteiger partial charge in [0.2, 0.25) is 0 Å². The number of hydrogen-bond donors (Lipinski definition) is 0. The van der Waals surface area contributed by atoms with Gasteiger partial charge >= 0.3 is 0 Å². The third kappa shape index (κ3) is 3.98. The second-order valence-corrected chi connectivity index (χ2v) is 6.67. The monoisotopic (exact) mass is 349 g/mol. The van der Waals surface area contributed by atoms with Crippen molar-refractivity contribution < 1.29 is 9.53 Å². The topological polar surface area (TPSA) is 29.5 Å². The summed E-state index contributed by atoms with van der Waals surface area (Å²) < 4.78 is 6.24. The van der Waals surface area contributed by atoms with Crippen LogP contribution in [0.25, 0.3) is 6.08 Å². The summed E-state index contributed by atoms with van der Waals surface area (Å²) in [7, 11) is 0. The van der Waals surface area contributed by atoms with Gasteiger partial charge in [0.15, 0.2) is 5.75 Å². The lowest BCUT2D eigenvalue weighted by Gasteiger charge is -2.35. The number of anilines is 1. The van der Waals surface area contributed by atoms with Crippen molar-refractivity contribution in [2.45, 2.75) is 45.6 Å². The van der Waals surface area contributed by atoms with E-state index in [4.69, 9.17) is 4.74 Å². The van der Waals surface area contributed by atoms with Crippen LogP contribution in [-0.2, 0) is 0 Å². The third-order valence-corrected chi connectivity index (χ3v) is 4.73. The summed E-state index contributed by atoms with van der Waals surface area (Å²) in [6.45, 7) is 4.88. The third-order valence-electron chi connectivity index (χ3n) is 4.73. The number of hydrogen-bond acceptors (Lipinski definition) is 2. The molecular weight excluding hydrogens is 322 g/mol. The van der Waals surface area contributed by atoms with E-state index in [1.807, 2.05) is 47.4 Å². The second kappa shape index (κ2) is 8.70. The minimum Gasteiger partial charge on any atom is -0.486 e. The predicted octanol–water partition coefficient (Wildman–Crippen LogP) is 5.71. The van der Waals surface area contributed by atoms with Crippen molar-refractivity contribution in [3.8, 4) is 5.75 Å². The van der Waals surface area contributed by atoms with Crippen molar-refractivity contribution >= 4 is 17.7 Å². The van der Waals surface area contributed by atoms with Crippen LogP contribution in [0, 0.1) is 0 Å². The van der Waals surface area contributed by atoms with E-state index in [0.29, 0.717) is 12.1 Å². The number of amides is 1. The first kappa shape index (κ1) is 18.2. The molecule has 0 saturated heterocycles. The lowest BCUT2D eigenvalue weighted by atomic mass is 10.1. The maximum atomic E-state index is 13.1. The van der Waals surface area contributed by atoms with Gasteiger partial charge in [0.05, 0.1) is 12.2 Å². The molecule has 1 heterocycles. The lowest BCUT2D eigenvalue weighted by Crippen LogP contribution is -2.43. The molecule has 1 amide bonds. The molecule has 1 aliphatic rings. The van der Waals surface area contributed by atoms with Crippen molar-refractivity contribution in [2.75, 3.05) is 11.4 Å². The van der Waals surface area contributed by atoms with Gasteiger partial charge < -0.3 is 9.64 Å². The van der Waals surface area contributed by atoms with E-state index in [1.165, 1.54) is 12.8 Å². The Morgan fingerprint density at radius 1 is 1.15 bits per heavy atom. The number of benzene rings is 2. The van der Waals surface area contributed by atoms with Gasteiger partial charge in [0.1, 0.15) is 6.10 Å². The first-order valence-corrected chi connectivity index (χ1v) is 9.57. The number of ether oxygens (including phenoxy) is 1. The average molecular weight is 349 g/mol. The molecule has 2 aromatic carbocycles. The zero-order valence-electron chi connectivity index (χ0n) is 15.7. The van der Waals surface area contributed by atoms with E-state index in [0.717, 1.165) is 29.8 Å². The zero-order valence-corrected chi connectivity index (χ0v) is 15.7. The van der Waals surface area contributed by atoms with Gasteiger partial charge in [-0.1, -0.05) is 69.2 Å². The average Bonchev–Trinajstić information content (AvgIpc) is 2.70. The Balaban J connectivity index is 1.95. The van der Waals surface area contributed by atoms with Crippen molar-refractivity contribution in [2.24, 2.45) is 0 Å². The van der Waals surface area contributed by atoms with Gasteiger partial charge in [-0.2, -0.15) is 0 Å². The Bertz CT molecular complexity index is 767. The van der Waals surface area contributed by atoms with Crippen molar-refractivity contribution in [1.82, 2.24) is 0 Å².